The van der Waals surface area contributed by atoms with Crippen LogP contribution in [0.5, 0.6) is 0 Å². The molecule has 7 heteroatoms. The van der Waals surface area contributed by atoms with Gasteiger partial charge in [0.15, 0.2) is 0 Å². The topological polar surface area (TPSA) is 67.6 Å². The number of nitrogens with one attached hydrogen (secondary N) is 1. The van der Waals surface area contributed by atoms with Gasteiger partial charge in [-0.15, -0.1) is 24.8 Å². The fourth-order valence-corrected chi connectivity index (χ4v) is 5.38. The summed E-state index contributed by atoms with van der Waals surface area (Å²) in [6, 6.07) is 0.501. The molecule has 3 N–H and O–H groups in total. The summed E-state index contributed by atoms with van der Waals surface area (Å²) in [5.74, 6) is 1.99. The Kier molecular flexibility index (Phi) is 10.2. The van der Waals surface area contributed by atoms with Crippen LogP contribution in [0.15, 0.2) is 0 Å². The van der Waals surface area contributed by atoms with Crippen molar-refractivity contribution < 1.29 is 9.53 Å². The third-order valence-electron chi connectivity index (χ3n) is 6.88. The van der Waals surface area contributed by atoms with Gasteiger partial charge in [0.05, 0.1) is 19.1 Å². The zero-order valence-corrected chi connectivity index (χ0v) is 17.8. The van der Waals surface area contributed by atoms with Crippen LogP contribution in [0.3, 0.4) is 0 Å². The summed E-state index contributed by atoms with van der Waals surface area (Å²) in [6.07, 6.45) is 5.89. The summed E-state index contributed by atoms with van der Waals surface area (Å²) >= 11 is 0. The number of carbonyl (C=O) groups is 1. The Labute approximate surface area is 171 Å². The van der Waals surface area contributed by atoms with Crippen LogP contribution in [-0.2, 0) is 9.53 Å². The second-order valence-electron chi connectivity index (χ2n) is 7.97. The first-order valence-corrected chi connectivity index (χ1v) is 10.0. The van der Waals surface area contributed by atoms with E-state index in [1.165, 1.54) is 19.3 Å². The van der Waals surface area contributed by atoms with Crippen molar-refractivity contribution in [2.45, 2.75) is 58.0 Å². The second kappa shape index (κ2) is 11.1. The quantitative estimate of drug-likeness (QED) is 0.677. The standard InChI is InChI=1S/C19H35N3O2.2ClH/c1-3-13(4-2)16(22-7-9-24-10-8-22)12-21-19(23)17-14-5-6-15(11-14)18(17)20;;/h13-18H,3-12,20H2,1-2H3,(H,21,23);2*1H. The number of hydrogen-bond donors (Lipinski definition) is 2. The number of amides is 1. The van der Waals surface area contributed by atoms with E-state index in [9.17, 15) is 4.79 Å². The van der Waals surface area contributed by atoms with E-state index < -0.39 is 0 Å². The van der Waals surface area contributed by atoms with Crippen LogP contribution in [-0.4, -0.2) is 55.7 Å². The van der Waals surface area contributed by atoms with Gasteiger partial charge in [-0.2, -0.15) is 0 Å². The molecule has 3 rings (SSSR count). The number of halogens is 2. The fourth-order valence-electron chi connectivity index (χ4n) is 5.38. The molecule has 154 valence electrons. The molecule has 2 bridgehead atoms. The Hall–Kier alpha value is -0.0700. The zero-order valence-electron chi connectivity index (χ0n) is 16.2. The number of nitrogens with zero attached hydrogens (tertiary/aromatic N) is 1. The Morgan fingerprint density at radius 1 is 1.15 bits per heavy atom. The molecule has 5 atom stereocenters. The van der Waals surface area contributed by atoms with E-state index >= 15 is 0 Å². The number of fused-ring (bicyclic) bond motifs is 2. The molecule has 2 aliphatic carbocycles. The van der Waals surface area contributed by atoms with Crippen LogP contribution in [0, 0.1) is 23.7 Å². The highest BCUT2D eigenvalue weighted by Gasteiger charge is 2.49. The van der Waals surface area contributed by atoms with Crippen LogP contribution >= 0.6 is 24.8 Å². The van der Waals surface area contributed by atoms with Crippen LogP contribution in [0.2, 0.25) is 0 Å². The van der Waals surface area contributed by atoms with Crippen molar-refractivity contribution in [3.05, 3.63) is 0 Å². The molecule has 26 heavy (non-hydrogen) atoms. The SMILES string of the molecule is CCC(CC)C(CNC(=O)C1C2CCC(C2)C1N)N1CCOCC1.Cl.Cl. The van der Waals surface area contributed by atoms with Crippen molar-refractivity contribution >= 4 is 30.7 Å². The molecule has 0 spiro atoms. The number of carbonyl (C=O) groups excluding carboxylic acids is 1. The van der Waals surface area contributed by atoms with Gasteiger partial charge in [0.1, 0.15) is 0 Å². The Morgan fingerprint density at radius 3 is 2.31 bits per heavy atom. The monoisotopic (exact) mass is 409 g/mol. The highest BCUT2D eigenvalue weighted by Crippen LogP contribution is 2.47. The van der Waals surface area contributed by atoms with Crippen molar-refractivity contribution in [1.29, 1.82) is 0 Å². The minimum absolute atomic E-state index is 0. The van der Waals surface area contributed by atoms with Gasteiger partial charge in [-0.3, -0.25) is 9.69 Å². The van der Waals surface area contributed by atoms with E-state index in [1.54, 1.807) is 0 Å². The summed E-state index contributed by atoms with van der Waals surface area (Å²) < 4.78 is 5.51. The summed E-state index contributed by atoms with van der Waals surface area (Å²) in [5, 5.41) is 3.28. The Bertz CT molecular complexity index is 429. The first-order valence-electron chi connectivity index (χ1n) is 10.0. The molecule has 1 saturated heterocycles. The maximum Gasteiger partial charge on any atom is 0.225 e. The van der Waals surface area contributed by atoms with Gasteiger partial charge in [-0.1, -0.05) is 26.7 Å². The smallest absolute Gasteiger partial charge is 0.225 e. The molecule has 5 nitrogen and oxygen atoms in total. The van der Waals surface area contributed by atoms with Gasteiger partial charge < -0.3 is 15.8 Å². The molecule has 1 aliphatic heterocycles. The summed E-state index contributed by atoms with van der Waals surface area (Å²) in [4.78, 5) is 15.3. The highest BCUT2D eigenvalue weighted by atomic mass is 35.5. The molecule has 2 saturated carbocycles. The predicted molar refractivity (Wildman–Crippen MR) is 110 cm³/mol. The molecule has 0 aromatic heterocycles. The lowest BCUT2D eigenvalue weighted by Gasteiger charge is -2.39. The van der Waals surface area contributed by atoms with Crippen LogP contribution in [0.1, 0.15) is 46.0 Å². The van der Waals surface area contributed by atoms with Crippen LogP contribution in [0.4, 0.5) is 0 Å². The number of nitrogens with two attached hydrogens (primary N) is 1. The molecular weight excluding hydrogens is 373 g/mol. The summed E-state index contributed by atoms with van der Waals surface area (Å²) in [5.41, 5.74) is 6.34. The molecule has 3 aliphatic rings. The third-order valence-corrected chi connectivity index (χ3v) is 6.88. The van der Waals surface area contributed by atoms with E-state index in [0.717, 1.165) is 45.7 Å². The van der Waals surface area contributed by atoms with Gasteiger partial charge in [0.25, 0.3) is 0 Å². The molecule has 0 aromatic carbocycles. The van der Waals surface area contributed by atoms with Gasteiger partial charge in [0.2, 0.25) is 5.91 Å². The number of rotatable bonds is 7. The van der Waals surface area contributed by atoms with Crippen molar-refractivity contribution in [3.8, 4) is 0 Å². The van der Waals surface area contributed by atoms with Crippen LogP contribution in [0.25, 0.3) is 0 Å². The second-order valence-corrected chi connectivity index (χ2v) is 7.97. The normalized spacial score (nSPS) is 32.0. The minimum atomic E-state index is 0. The number of hydrogen-bond acceptors (Lipinski definition) is 4. The highest BCUT2D eigenvalue weighted by molar-refractivity contribution is 5.85. The first-order chi connectivity index (χ1) is 11.7. The number of morpholine rings is 1. The summed E-state index contributed by atoms with van der Waals surface area (Å²) in [7, 11) is 0. The lowest BCUT2D eigenvalue weighted by Crippen LogP contribution is -2.54. The van der Waals surface area contributed by atoms with E-state index in [2.05, 4.69) is 24.1 Å². The average molecular weight is 410 g/mol. The van der Waals surface area contributed by atoms with Gasteiger partial charge in [-0.05, 0) is 37.0 Å². The molecule has 5 unspecified atom stereocenters. The first kappa shape index (κ1) is 24.0. The lowest BCUT2D eigenvalue weighted by atomic mass is 9.84. The Morgan fingerprint density at radius 2 is 1.77 bits per heavy atom. The van der Waals surface area contributed by atoms with Crippen molar-refractivity contribution in [2.75, 3.05) is 32.8 Å². The van der Waals surface area contributed by atoms with Crippen molar-refractivity contribution in [1.82, 2.24) is 10.2 Å². The van der Waals surface area contributed by atoms with Gasteiger partial charge in [-0.25, -0.2) is 0 Å². The average Bonchev–Trinajstić information content (AvgIpc) is 3.20. The van der Waals surface area contributed by atoms with Gasteiger partial charge >= 0.3 is 0 Å². The van der Waals surface area contributed by atoms with Crippen molar-refractivity contribution in [3.63, 3.8) is 0 Å². The molecule has 0 aromatic rings. The van der Waals surface area contributed by atoms with Crippen LogP contribution < -0.4 is 11.1 Å². The predicted octanol–water partition coefficient (Wildman–Crippen LogP) is 2.46. The maximum atomic E-state index is 12.8. The van der Waals surface area contributed by atoms with Gasteiger partial charge in [0, 0.05) is 31.7 Å². The number of ether oxygens (including phenoxy) is 1. The molecular formula is C19H37Cl2N3O2. The molecule has 1 amide bonds. The summed E-state index contributed by atoms with van der Waals surface area (Å²) in [6.45, 7) is 8.84. The fraction of sp³-hybridized carbons (Fsp3) is 0.947. The third kappa shape index (κ3) is 5.05. The van der Waals surface area contributed by atoms with E-state index in [0.29, 0.717) is 23.8 Å². The van der Waals surface area contributed by atoms with E-state index in [1.807, 2.05) is 0 Å². The molecule has 3 fully saturated rings. The molecule has 0 radical (unpaired) electrons. The van der Waals surface area contributed by atoms with E-state index in [-0.39, 0.29) is 42.7 Å². The minimum Gasteiger partial charge on any atom is -0.379 e. The largest absolute Gasteiger partial charge is 0.379 e. The van der Waals surface area contributed by atoms with E-state index in [4.69, 9.17) is 10.5 Å². The lowest BCUT2D eigenvalue weighted by molar-refractivity contribution is -0.127. The molecule has 1 heterocycles. The zero-order chi connectivity index (χ0) is 17.1. The Balaban J connectivity index is 0.00000169. The maximum absolute atomic E-state index is 12.8. The van der Waals surface area contributed by atoms with Crippen molar-refractivity contribution in [2.24, 2.45) is 29.4 Å².